The Morgan fingerprint density at radius 3 is 2.80 bits per heavy atom. The molecule has 7 nitrogen and oxygen atoms in total. The van der Waals surface area contributed by atoms with Gasteiger partial charge >= 0.3 is 0 Å². The first kappa shape index (κ1) is 14.4. The summed E-state index contributed by atoms with van der Waals surface area (Å²) in [5, 5.41) is 17.0. The molecule has 0 unspecified atom stereocenters. The number of nitrogens with one attached hydrogen (secondary N) is 2. The van der Waals surface area contributed by atoms with Gasteiger partial charge in [0.15, 0.2) is 11.5 Å². The molecule has 108 valence electrons. The predicted molar refractivity (Wildman–Crippen MR) is 75.3 cm³/mol. The number of hydrogen-bond donors (Lipinski definition) is 2. The Morgan fingerprint density at radius 1 is 1.40 bits per heavy atom. The SMILES string of the molecule is COc1cc(CNc2nn[nH]n2)cc(Cl)c1OC(C)C. The van der Waals surface area contributed by atoms with Crippen molar-refractivity contribution in [3.63, 3.8) is 0 Å². The second-order valence-electron chi connectivity index (χ2n) is 4.36. The minimum absolute atomic E-state index is 0.0182. The summed E-state index contributed by atoms with van der Waals surface area (Å²) < 4.78 is 11.0. The van der Waals surface area contributed by atoms with E-state index in [1.165, 1.54) is 0 Å². The lowest BCUT2D eigenvalue weighted by Gasteiger charge is -2.16. The van der Waals surface area contributed by atoms with Crippen LogP contribution in [-0.2, 0) is 6.54 Å². The molecule has 0 aliphatic carbocycles. The standard InChI is InChI=1S/C12H16ClN5O2/c1-7(2)20-11-9(13)4-8(5-10(11)19-3)6-14-12-15-17-18-16-12/h4-5,7H,6H2,1-3H3,(H2,14,15,16,17,18). The zero-order valence-electron chi connectivity index (χ0n) is 11.5. The molecule has 2 N–H and O–H groups in total. The zero-order valence-corrected chi connectivity index (χ0v) is 12.2. The van der Waals surface area contributed by atoms with Gasteiger partial charge in [-0.15, -0.1) is 5.10 Å². The number of tetrazole rings is 1. The van der Waals surface area contributed by atoms with E-state index in [2.05, 4.69) is 25.9 Å². The van der Waals surface area contributed by atoms with Crippen LogP contribution in [0.25, 0.3) is 0 Å². The fourth-order valence-electron chi connectivity index (χ4n) is 1.64. The average molecular weight is 298 g/mol. The first-order chi connectivity index (χ1) is 9.60. The monoisotopic (exact) mass is 297 g/mol. The lowest BCUT2D eigenvalue weighted by atomic mass is 10.2. The second-order valence-corrected chi connectivity index (χ2v) is 4.77. The van der Waals surface area contributed by atoms with E-state index in [0.717, 1.165) is 5.56 Å². The number of aromatic nitrogens is 4. The molecule has 8 heteroatoms. The molecule has 0 atom stereocenters. The summed E-state index contributed by atoms with van der Waals surface area (Å²) in [7, 11) is 1.58. The minimum atomic E-state index is 0.0182. The van der Waals surface area contributed by atoms with Gasteiger partial charge < -0.3 is 14.8 Å². The maximum Gasteiger partial charge on any atom is 0.263 e. The number of nitrogens with zero attached hydrogens (tertiary/aromatic N) is 3. The highest BCUT2D eigenvalue weighted by Gasteiger charge is 2.13. The topological polar surface area (TPSA) is 85.0 Å². The molecule has 0 saturated carbocycles. The Labute approximate surface area is 121 Å². The van der Waals surface area contributed by atoms with E-state index in [9.17, 15) is 0 Å². The van der Waals surface area contributed by atoms with Crippen molar-refractivity contribution in [3.8, 4) is 11.5 Å². The summed E-state index contributed by atoms with van der Waals surface area (Å²) in [5.41, 5.74) is 0.924. The lowest BCUT2D eigenvalue weighted by molar-refractivity contribution is 0.230. The van der Waals surface area contributed by atoms with Crippen LogP contribution in [-0.4, -0.2) is 33.8 Å². The number of anilines is 1. The smallest absolute Gasteiger partial charge is 0.263 e. The van der Waals surface area contributed by atoms with Crippen LogP contribution in [0.4, 0.5) is 5.95 Å². The number of ether oxygens (including phenoxy) is 2. The summed E-state index contributed by atoms with van der Waals surface area (Å²) >= 11 is 6.24. The van der Waals surface area contributed by atoms with Gasteiger partial charge in [0.2, 0.25) is 0 Å². The first-order valence-corrected chi connectivity index (χ1v) is 6.48. The van der Waals surface area contributed by atoms with Crippen molar-refractivity contribution < 1.29 is 9.47 Å². The van der Waals surface area contributed by atoms with Gasteiger partial charge in [0.05, 0.1) is 18.2 Å². The Balaban J connectivity index is 2.16. The van der Waals surface area contributed by atoms with Crippen molar-refractivity contribution in [2.45, 2.75) is 26.5 Å². The molecule has 1 aromatic carbocycles. The molecule has 0 aliphatic rings. The highest BCUT2D eigenvalue weighted by Crippen LogP contribution is 2.37. The number of hydrogen-bond acceptors (Lipinski definition) is 6. The molecule has 0 radical (unpaired) electrons. The lowest BCUT2D eigenvalue weighted by Crippen LogP contribution is -2.08. The highest BCUT2D eigenvalue weighted by atomic mass is 35.5. The van der Waals surface area contributed by atoms with Crippen LogP contribution in [0, 0.1) is 0 Å². The van der Waals surface area contributed by atoms with Gasteiger partial charge in [-0.1, -0.05) is 16.7 Å². The van der Waals surface area contributed by atoms with Gasteiger partial charge in [-0.2, -0.15) is 5.21 Å². The van der Waals surface area contributed by atoms with Crippen LogP contribution in [0.3, 0.4) is 0 Å². The van der Waals surface area contributed by atoms with Crippen molar-refractivity contribution in [1.29, 1.82) is 0 Å². The molecule has 0 spiro atoms. The zero-order chi connectivity index (χ0) is 14.5. The molecule has 20 heavy (non-hydrogen) atoms. The molecule has 2 aromatic rings. The Kier molecular flexibility index (Phi) is 4.62. The van der Waals surface area contributed by atoms with Gasteiger partial charge in [-0.05, 0) is 36.8 Å². The minimum Gasteiger partial charge on any atom is -0.493 e. The molecule has 0 bridgehead atoms. The summed E-state index contributed by atoms with van der Waals surface area (Å²) in [4.78, 5) is 0. The number of benzene rings is 1. The van der Waals surface area contributed by atoms with Gasteiger partial charge in [-0.3, -0.25) is 0 Å². The third-order valence-corrected chi connectivity index (χ3v) is 2.72. The van der Waals surface area contributed by atoms with E-state index in [1.807, 2.05) is 26.0 Å². The van der Waals surface area contributed by atoms with Crippen molar-refractivity contribution in [1.82, 2.24) is 20.6 Å². The van der Waals surface area contributed by atoms with E-state index in [-0.39, 0.29) is 6.10 Å². The highest BCUT2D eigenvalue weighted by molar-refractivity contribution is 6.32. The van der Waals surface area contributed by atoms with E-state index < -0.39 is 0 Å². The van der Waals surface area contributed by atoms with Crippen LogP contribution < -0.4 is 14.8 Å². The number of methoxy groups -OCH3 is 1. The molecule has 0 fully saturated rings. The third kappa shape index (κ3) is 3.51. The number of halogens is 1. The Morgan fingerprint density at radius 2 is 2.20 bits per heavy atom. The van der Waals surface area contributed by atoms with Crippen molar-refractivity contribution >= 4 is 17.5 Å². The second kappa shape index (κ2) is 6.42. The molecule has 0 aliphatic heterocycles. The van der Waals surface area contributed by atoms with Crippen LogP contribution in [0.1, 0.15) is 19.4 Å². The average Bonchev–Trinajstić information content (AvgIpc) is 2.91. The third-order valence-electron chi connectivity index (χ3n) is 2.44. The molecule has 1 heterocycles. The molecule has 0 amide bonds. The Bertz CT molecular complexity index is 559. The van der Waals surface area contributed by atoms with E-state index in [1.54, 1.807) is 7.11 Å². The molecular formula is C12H16ClN5O2. The first-order valence-electron chi connectivity index (χ1n) is 6.10. The van der Waals surface area contributed by atoms with E-state index >= 15 is 0 Å². The summed E-state index contributed by atoms with van der Waals surface area (Å²) in [6.45, 7) is 4.36. The number of H-pyrrole nitrogens is 1. The van der Waals surface area contributed by atoms with Crippen molar-refractivity contribution in [2.75, 3.05) is 12.4 Å². The molecule has 0 saturated heterocycles. The predicted octanol–water partition coefficient (Wildman–Crippen LogP) is 2.26. The van der Waals surface area contributed by atoms with Crippen molar-refractivity contribution in [3.05, 3.63) is 22.7 Å². The summed E-state index contributed by atoms with van der Waals surface area (Å²) in [6.07, 6.45) is 0.0182. The van der Waals surface area contributed by atoms with Crippen LogP contribution in [0.2, 0.25) is 5.02 Å². The van der Waals surface area contributed by atoms with Gasteiger partial charge in [-0.25, -0.2) is 0 Å². The van der Waals surface area contributed by atoms with E-state index in [4.69, 9.17) is 21.1 Å². The normalized spacial score (nSPS) is 10.7. The largest absolute Gasteiger partial charge is 0.493 e. The number of rotatable bonds is 6. The van der Waals surface area contributed by atoms with Gasteiger partial charge in [0.1, 0.15) is 0 Å². The molecule has 2 rings (SSSR count). The van der Waals surface area contributed by atoms with Crippen LogP contribution in [0.5, 0.6) is 11.5 Å². The van der Waals surface area contributed by atoms with Crippen LogP contribution >= 0.6 is 11.6 Å². The molecular weight excluding hydrogens is 282 g/mol. The maximum absolute atomic E-state index is 6.24. The van der Waals surface area contributed by atoms with Gasteiger partial charge in [0.25, 0.3) is 5.95 Å². The number of aromatic amines is 1. The van der Waals surface area contributed by atoms with Crippen molar-refractivity contribution in [2.24, 2.45) is 0 Å². The molecule has 1 aromatic heterocycles. The van der Waals surface area contributed by atoms with Gasteiger partial charge in [0, 0.05) is 6.54 Å². The summed E-state index contributed by atoms with van der Waals surface area (Å²) in [6, 6.07) is 3.67. The van der Waals surface area contributed by atoms with E-state index in [0.29, 0.717) is 29.0 Å². The van der Waals surface area contributed by atoms with Crippen LogP contribution in [0.15, 0.2) is 12.1 Å². The quantitative estimate of drug-likeness (QED) is 0.851. The fourth-order valence-corrected chi connectivity index (χ4v) is 1.92. The maximum atomic E-state index is 6.24. The summed E-state index contributed by atoms with van der Waals surface area (Å²) in [5.74, 6) is 1.56. The fraction of sp³-hybridized carbons (Fsp3) is 0.417. The Hall–Kier alpha value is -2.02.